The summed E-state index contributed by atoms with van der Waals surface area (Å²) in [6, 6.07) is 0. The largest absolute Gasteiger partial charge is 0.481 e. The summed E-state index contributed by atoms with van der Waals surface area (Å²) >= 11 is 0. The Hall–Kier alpha value is -1.85. The van der Waals surface area contributed by atoms with Gasteiger partial charge in [0.25, 0.3) is 5.56 Å². The summed E-state index contributed by atoms with van der Waals surface area (Å²) in [6.45, 7) is 0. The van der Waals surface area contributed by atoms with Crippen molar-refractivity contribution >= 4 is 5.97 Å². The fourth-order valence-corrected chi connectivity index (χ4v) is 1.90. The van der Waals surface area contributed by atoms with Gasteiger partial charge < -0.3 is 10.1 Å². The van der Waals surface area contributed by atoms with Crippen molar-refractivity contribution in [3.05, 3.63) is 32.1 Å². The van der Waals surface area contributed by atoms with Crippen molar-refractivity contribution in [3.63, 3.8) is 0 Å². The van der Waals surface area contributed by atoms with Crippen molar-refractivity contribution in [2.45, 2.75) is 31.6 Å². The van der Waals surface area contributed by atoms with Gasteiger partial charge in [0.15, 0.2) is 0 Å². The molecule has 1 fully saturated rings. The van der Waals surface area contributed by atoms with E-state index in [2.05, 4.69) is 9.97 Å². The highest BCUT2D eigenvalue weighted by Gasteiger charge is 2.25. The summed E-state index contributed by atoms with van der Waals surface area (Å²) in [7, 11) is 0. The number of nitrogens with one attached hydrogen (secondary N) is 2. The van der Waals surface area contributed by atoms with Gasteiger partial charge in [0.2, 0.25) is 0 Å². The van der Waals surface area contributed by atoms with E-state index in [4.69, 9.17) is 5.11 Å². The third kappa shape index (κ3) is 1.91. The zero-order chi connectivity index (χ0) is 11.7. The minimum absolute atomic E-state index is 0.129. The summed E-state index contributed by atoms with van der Waals surface area (Å²) in [5.41, 5.74) is -0.478. The average molecular weight is 224 g/mol. The van der Waals surface area contributed by atoms with Crippen LogP contribution in [0, 0.1) is 0 Å². The molecule has 0 unspecified atom stereocenters. The van der Waals surface area contributed by atoms with E-state index in [1.165, 1.54) is 0 Å². The molecule has 3 N–H and O–H groups in total. The quantitative estimate of drug-likeness (QED) is 0.670. The first kappa shape index (κ1) is 10.7. The molecule has 1 saturated carbocycles. The average Bonchev–Trinajstić information content (AvgIpc) is 2.07. The second-order valence-corrected chi connectivity index (χ2v) is 4.00. The Morgan fingerprint density at radius 1 is 1.31 bits per heavy atom. The number of aromatic nitrogens is 2. The lowest BCUT2D eigenvalue weighted by Crippen LogP contribution is -2.31. The molecule has 1 aromatic heterocycles. The van der Waals surface area contributed by atoms with Crippen LogP contribution in [0.4, 0.5) is 0 Å². The van der Waals surface area contributed by atoms with Crippen molar-refractivity contribution in [2.75, 3.05) is 0 Å². The van der Waals surface area contributed by atoms with Crippen LogP contribution in [0.2, 0.25) is 0 Å². The fraction of sp³-hybridized carbons (Fsp3) is 0.500. The van der Waals surface area contributed by atoms with Crippen molar-refractivity contribution < 1.29 is 9.90 Å². The van der Waals surface area contributed by atoms with E-state index in [9.17, 15) is 14.4 Å². The van der Waals surface area contributed by atoms with Gasteiger partial charge in [-0.1, -0.05) is 6.42 Å². The molecule has 1 heterocycles. The first-order chi connectivity index (χ1) is 7.58. The van der Waals surface area contributed by atoms with E-state index in [1.807, 2.05) is 0 Å². The van der Waals surface area contributed by atoms with Crippen molar-refractivity contribution in [2.24, 2.45) is 0 Å². The summed E-state index contributed by atoms with van der Waals surface area (Å²) in [5, 5.41) is 8.71. The van der Waals surface area contributed by atoms with Gasteiger partial charge in [0, 0.05) is 11.3 Å². The number of hydrogen-bond donors (Lipinski definition) is 3. The maximum Gasteiger partial charge on any atom is 0.325 e. The molecule has 0 amide bonds. The van der Waals surface area contributed by atoms with Gasteiger partial charge in [-0.25, -0.2) is 4.79 Å². The van der Waals surface area contributed by atoms with Crippen LogP contribution in [-0.4, -0.2) is 21.0 Å². The Bertz CT molecular complexity index is 524. The second-order valence-electron chi connectivity index (χ2n) is 4.00. The molecule has 86 valence electrons. The molecule has 1 aliphatic rings. The number of carboxylic acid groups (broad SMARTS) is 1. The number of aliphatic carboxylic acids is 1. The summed E-state index contributed by atoms with van der Waals surface area (Å²) in [5.74, 6) is -0.942. The maximum atomic E-state index is 11.5. The molecule has 0 spiro atoms. The predicted octanol–water partition coefficient (Wildman–Crippen LogP) is -0.0422. The number of carboxylic acids is 1. The Kier molecular flexibility index (Phi) is 2.64. The molecular formula is C10H12N2O4. The monoisotopic (exact) mass is 224 g/mol. The minimum atomic E-state index is -1.07. The summed E-state index contributed by atoms with van der Waals surface area (Å²) in [6.07, 6.45) is 2.49. The molecule has 1 aromatic rings. The zero-order valence-corrected chi connectivity index (χ0v) is 8.58. The Balaban J connectivity index is 2.50. The van der Waals surface area contributed by atoms with Gasteiger partial charge in [-0.15, -0.1) is 0 Å². The first-order valence-corrected chi connectivity index (χ1v) is 5.15. The highest BCUT2D eigenvalue weighted by Crippen LogP contribution is 2.35. The molecular weight excluding hydrogens is 212 g/mol. The Morgan fingerprint density at radius 3 is 2.50 bits per heavy atom. The lowest BCUT2D eigenvalue weighted by Gasteiger charge is -2.26. The van der Waals surface area contributed by atoms with E-state index in [0.29, 0.717) is 5.69 Å². The van der Waals surface area contributed by atoms with Gasteiger partial charge in [-0.3, -0.25) is 14.6 Å². The number of hydrogen-bond acceptors (Lipinski definition) is 3. The highest BCUT2D eigenvalue weighted by atomic mass is 16.4. The van der Waals surface area contributed by atoms with E-state index in [-0.39, 0.29) is 17.9 Å². The SMILES string of the molecule is O=C(O)Cc1c(C2CCC2)[nH]c(=O)[nH]c1=O. The van der Waals surface area contributed by atoms with Gasteiger partial charge in [-0.05, 0) is 18.8 Å². The predicted molar refractivity (Wildman–Crippen MR) is 55.6 cm³/mol. The van der Waals surface area contributed by atoms with Gasteiger partial charge in [0.05, 0.1) is 6.42 Å². The molecule has 0 atom stereocenters. The van der Waals surface area contributed by atoms with Gasteiger partial charge in [-0.2, -0.15) is 0 Å². The standard InChI is InChI=1S/C10H12N2O4/c13-7(14)4-6-8(5-2-1-3-5)11-10(16)12-9(6)15/h5H,1-4H2,(H,13,14)(H2,11,12,15,16). The Morgan fingerprint density at radius 2 is 2.00 bits per heavy atom. The van der Waals surface area contributed by atoms with Crippen molar-refractivity contribution in [1.29, 1.82) is 0 Å². The van der Waals surface area contributed by atoms with Crippen LogP contribution >= 0.6 is 0 Å². The lowest BCUT2D eigenvalue weighted by atomic mass is 9.81. The van der Waals surface area contributed by atoms with Crippen LogP contribution in [0.25, 0.3) is 0 Å². The third-order valence-electron chi connectivity index (χ3n) is 2.92. The van der Waals surface area contributed by atoms with E-state index in [0.717, 1.165) is 19.3 Å². The third-order valence-corrected chi connectivity index (χ3v) is 2.92. The topological polar surface area (TPSA) is 103 Å². The van der Waals surface area contributed by atoms with E-state index >= 15 is 0 Å². The zero-order valence-electron chi connectivity index (χ0n) is 8.58. The number of H-pyrrole nitrogens is 2. The molecule has 0 aliphatic heterocycles. The molecule has 6 nitrogen and oxygen atoms in total. The molecule has 1 aliphatic carbocycles. The number of aromatic amines is 2. The van der Waals surface area contributed by atoms with Crippen molar-refractivity contribution in [1.82, 2.24) is 9.97 Å². The van der Waals surface area contributed by atoms with E-state index in [1.54, 1.807) is 0 Å². The van der Waals surface area contributed by atoms with Crippen LogP contribution < -0.4 is 11.2 Å². The summed E-state index contributed by atoms with van der Waals surface area (Å²) < 4.78 is 0. The van der Waals surface area contributed by atoms with Gasteiger partial charge in [0.1, 0.15) is 0 Å². The van der Waals surface area contributed by atoms with Crippen LogP contribution in [-0.2, 0) is 11.2 Å². The lowest BCUT2D eigenvalue weighted by molar-refractivity contribution is -0.136. The van der Waals surface area contributed by atoms with Crippen LogP contribution in [0.3, 0.4) is 0 Å². The molecule has 0 radical (unpaired) electrons. The number of rotatable bonds is 3. The van der Waals surface area contributed by atoms with Crippen LogP contribution in [0.15, 0.2) is 9.59 Å². The molecule has 0 aromatic carbocycles. The number of carbonyl (C=O) groups is 1. The fourth-order valence-electron chi connectivity index (χ4n) is 1.90. The normalized spacial score (nSPS) is 15.8. The highest BCUT2D eigenvalue weighted by molar-refractivity contribution is 5.70. The van der Waals surface area contributed by atoms with Crippen LogP contribution in [0.1, 0.15) is 36.4 Å². The van der Waals surface area contributed by atoms with Crippen LogP contribution in [0.5, 0.6) is 0 Å². The molecule has 2 rings (SSSR count). The maximum absolute atomic E-state index is 11.5. The molecule has 6 heteroatoms. The first-order valence-electron chi connectivity index (χ1n) is 5.15. The molecule has 16 heavy (non-hydrogen) atoms. The second kappa shape index (κ2) is 3.96. The van der Waals surface area contributed by atoms with E-state index < -0.39 is 17.2 Å². The smallest absolute Gasteiger partial charge is 0.325 e. The minimum Gasteiger partial charge on any atom is -0.481 e. The summed E-state index contributed by atoms with van der Waals surface area (Å²) in [4.78, 5) is 37.9. The molecule has 0 saturated heterocycles. The van der Waals surface area contributed by atoms with Crippen molar-refractivity contribution in [3.8, 4) is 0 Å². The Labute approximate surface area is 90.3 Å². The van der Waals surface area contributed by atoms with Gasteiger partial charge >= 0.3 is 11.7 Å². The molecule has 0 bridgehead atoms.